The molecule has 0 unspecified atom stereocenters. The first kappa shape index (κ1) is 13.7. The molecule has 0 aliphatic heterocycles. The number of aromatic nitrogens is 1. The Morgan fingerprint density at radius 2 is 1.79 bits per heavy atom. The zero-order chi connectivity index (χ0) is 14.0. The lowest BCUT2D eigenvalue weighted by molar-refractivity contribution is -0.141. The van der Waals surface area contributed by atoms with Gasteiger partial charge in [0.2, 0.25) is 0 Å². The van der Waals surface area contributed by atoms with Crippen LogP contribution >= 0.6 is 11.6 Å². The molecule has 2 rings (SSSR count). The molecule has 0 aliphatic rings. The molecule has 2 aromatic rings. The van der Waals surface area contributed by atoms with E-state index in [1.807, 2.05) is 0 Å². The summed E-state index contributed by atoms with van der Waals surface area (Å²) < 4.78 is 43.3. The van der Waals surface area contributed by atoms with Crippen molar-refractivity contribution < 1.29 is 17.9 Å². The Morgan fingerprint density at radius 1 is 1.11 bits per heavy atom. The van der Waals surface area contributed by atoms with Gasteiger partial charge in [-0.15, -0.1) is 0 Å². The number of nitrogens with zero attached hydrogens (tertiary/aromatic N) is 1. The van der Waals surface area contributed by atoms with E-state index in [-0.39, 0.29) is 5.69 Å². The van der Waals surface area contributed by atoms with Crippen LogP contribution in [-0.2, 0) is 6.18 Å². The van der Waals surface area contributed by atoms with Crippen molar-refractivity contribution in [1.82, 2.24) is 4.98 Å². The summed E-state index contributed by atoms with van der Waals surface area (Å²) in [6.45, 7) is 0. The average molecular weight is 288 g/mol. The molecule has 0 fully saturated rings. The average Bonchev–Trinajstić information content (AvgIpc) is 2.38. The summed E-state index contributed by atoms with van der Waals surface area (Å²) >= 11 is 5.53. The van der Waals surface area contributed by atoms with E-state index in [4.69, 9.17) is 16.3 Å². The molecule has 1 aromatic carbocycles. The predicted molar refractivity (Wildman–Crippen MR) is 66.2 cm³/mol. The zero-order valence-electron chi connectivity index (χ0n) is 9.83. The Kier molecular flexibility index (Phi) is 3.66. The fourth-order valence-electron chi connectivity index (χ4n) is 1.65. The molecule has 0 bridgehead atoms. The Balaban J connectivity index is 2.58. The van der Waals surface area contributed by atoms with Gasteiger partial charge in [0.05, 0.1) is 17.8 Å². The molecule has 0 radical (unpaired) electrons. The van der Waals surface area contributed by atoms with Crippen molar-refractivity contribution in [1.29, 1.82) is 0 Å². The molecule has 19 heavy (non-hydrogen) atoms. The fraction of sp³-hybridized carbons (Fsp3) is 0.154. The van der Waals surface area contributed by atoms with Crippen LogP contribution in [0.15, 0.2) is 36.4 Å². The molecule has 1 aromatic heterocycles. The van der Waals surface area contributed by atoms with Gasteiger partial charge in [-0.2, -0.15) is 13.2 Å². The summed E-state index contributed by atoms with van der Waals surface area (Å²) in [4.78, 5) is 3.59. The van der Waals surface area contributed by atoms with Gasteiger partial charge in [-0.05, 0) is 24.3 Å². The third-order valence-corrected chi connectivity index (χ3v) is 2.80. The topological polar surface area (TPSA) is 22.1 Å². The lowest BCUT2D eigenvalue weighted by atomic mass is 10.1. The predicted octanol–water partition coefficient (Wildman–Crippen LogP) is 4.43. The van der Waals surface area contributed by atoms with Crippen LogP contribution in [0.5, 0.6) is 5.75 Å². The SMILES string of the molecule is COc1ccccc1-c1ccc(Cl)c(C(F)(F)F)n1. The molecule has 0 aliphatic carbocycles. The molecule has 0 amide bonds. The maximum Gasteiger partial charge on any atom is 0.434 e. The minimum absolute atomic E-state index is 0.161. The van der Waals surface area contributed by atoms with Gasteiger partial charge < -0.3 is 4.74 Å². The molecular weight excluding hydrogens is 279 g/mol. The maximum absolute atomic E-state index is 12.7. The summed E-state index contributed by atoms with van der Waals surface area (Å²) in [5.41, 5.74) is -0.459. The molecule has 0 N–H and O–H groups in total. The van der Waals surface area contributed by atoms with Crippen molar-refractivity contribution >= 4 is 11.6 Å². The summed E-state index contributed by atoms with van der Waals surface area (Å²) in [6.07, 6.45) is -4.59. The molecule has 0 saturated carbocycles. The monoisotopic (exact) mass is 287 g/mol. The summed E-state index contributed by atoms with van der Waals surface area (Å²) in [5.74, 6) is 0.449. The highest BCUT2D eigenvalue weighted by Gasteiger charge is 2.35. The fourth-order valence-corrected chi connectivity index (χ4v) is 1.86. The molecule has 0 atom stereocenters. The van der Waals surface area contributed by atoms with Crippen LogP contribution < -0.4 is 4.74 Å². The van der Waals surface area contributed by atoms with Gasteiger partial charge in [0, 0.05) is 5.56 Å². The number of benzene rings is 1. The number of halogens is 4. The highest BCUT2D eigenvalue weighted by atomic mass is 35.5. The zero-order valence-corrected chi connectivity index (χ0v) is 10.6. The molecule has 6 heteroatoms. The smallest absolute Gasteiger partial charge is 0.434 e. The molecule has 0 spiro atoms. The first-order valence-corrected chi connectivity index (χ1v) is 5.68. The van der Waals surface area contributed by atoms with E-state index in [2.05, 4.69) is 4.98 Å². The van der Waals surface area contributed by atoms with Gasteiger partial charge in [0.15, 0.2) is 5.69 Å². The van der Waals surface area contributed by atoms with Gasteiger partial charge in [-0.25, -0.2) is 4.98 Å². The first-order chi connectivity index (χ1) is 8.93. The molecule has 2 nitrogen and oxygen atoms in total. The Hall–Kier alpha value is -1.75. The lowest BCUT2D eigenvalue weighted by Crippen LogP contribution is -2.09. The van der Waals surface area contributed by atoms with E-state index < -0.39 is 16.9 Å². The Morgan fingerprint density at radius 3 is 2.42 bits per heavy atom. The largest absolute Gasteiger partial charge is 0.496 e. The number of para-hydroxylation sites is 1. The van der Waals surface area contributed by atoms with Crippen LogP contribution in [0.25, 0.3) is 11.3 Å². The summed E-state index contributed by atoms with van der Waals surface area (Å²) in [7, 11) is 1.44. The van der Waals surface area contributed by atoms with E-state index in [0.29, 0.717) is 11.3 Å². The van der Waals surface area contributed by atoms with Gasteiger partial charge >= 0.3 is 6.18 Å². The number of ether oxygens (including phenoxy) is 1. The number of rotatable bonds is 2. The van der Waals surface area contributed by atoms with E-state index >= 15 is 0 Å². The minimum Gasteiger partial charge on any atom is -0.496 e. The Bertz CT molecular complexity index is 599. The Labute approximate surface area is 112 Å². The van der Waals surface area contributed by atoms with Gasteiger partial charge in [0.1, 0.15) is 5.75 Å². The van der Waals surface area contributed by atoms with E-state index in [9.17, 15) is 13.2 Å². The van der Waals surface area contributed by atoms with Crippen LogP contribution in [0.4, 0.5) is 13.2 Å². The summed E-state index contributed by atoms with van der Waals surface area (Å²) in [5, 5.41) is -0.425. The normalized spacial score (nSPS) is 11.4. The maximum atomic E-state index is 12.7. The first-order valence-electron chi connectivity index (χ1n) is 5.30. The van der Waals surface area contributed by atoms with Crippen LogP contribution in [0.3, 0.4) is 0 Å². The van der Waals surface area contributed by atoms with E-state index in [1.54, 1.807) is 24.3 Å². The van der Waals surface area contributed by atoms with Crippen LogP contribution in [0.2, 0.25) is 5.02 Å². The number of alkyl halides is 3. The minimum atomic E-state index is -4.59. The highest BCUT2D eigenvalue weighted by molar-refractivity contribution is 6.31. The molecular formula is C13H9ClF3NO. The van der Waals surface area contributed by atoms with Gasteiger partial charge in [-0.1, -0.05) is 23.7 Å². The molecule has 0 saturated heterocycles. The number of pyridine rings is 1. The number of hydrogen-bond donors (Lipinski definition) is 0. The number of hydrogen-bond acceptors (Lipinski definition) is 2. The number of methoxy groups -OCH3 is 1. The van der Waals surface area contributed by atoms with Crippen molar-refractivity contribution in [3.05, 3.63) is 47.1 Å². The second-order valence-electron chi connectivity index (χ2n) is 3.72. The van der Waals surface area contributed by atoms with Crippen LogP contribution in [-0.4, -0.2) is 12.1 Å². The standard InChI is InChI=1S/C13H9ClF3NO/c1-19-11-5-3-2-4-8(11)10-7-6-9(14)12(18-10)13(15,16)17/h2-7H,1H3. The van der Waals surface area contributed by atoms with E-state index in [0.717, 1.165) is 0 Å². The third-order valence-electron chi connectivity index (χ3n) is 2.50. The van der Waals surface area contributed by atoms with Gasteiger partial charge in [-0.3, -0.25) is 0 Å². The third kappa shape index (κ3) is 2.81. The van der Waals surface area contributed by atoms with Crippen molar-refractivity contribution in [3.8, 4) is 17.0 Å². The molecule has 100 valence electrons. The van der Waals surface area contributed by atoms with Crippen LogP contribution in [0.1, 0.15) is 5.69 Å². The second-order valence-corrected chi connectivity index (χ2v) is 4.13. The van der Waals surface area contributed by atoms with Crippen molar-refractivity contribution in [2.75, 3.05) is 7.11 Å². The quantitative estimate of drug-likeness (QED) is 0.815. The van der Waals surface area contributed by atoms with Crippen molar-refractivity contribution in [2.24, 2.45) is 0 Å². The van der Waals surface area contributed by atoms with Crippen molar-refractivity contribution in [3.63, 3.8) is 0 Å². The van der Waals surface area contributed by atoms with Crippen molar-refractivity contribution in [2.45, 2.75) is 6.18 Å². The highest BCUT2D eigenvalue weighted by Crippen LogP contribution is 2.36. The summed E-state index contributed by atoms with van der Waals surface area (Å²) in [6, 6.07) is 9.31. The lowest BCUT2D eigenvalue weighted by Gasteiger charge is -2.11. The molecule has 1 heterocycles. The van der Waals surface area contributed by atoms with Gasteiger partial charge in [0.25, 0.3) is 0 Å². The van der Waals surface area contributed by atoms with Crippen LogP contribution in [0, 0.1) is 0 Å². The van der Waals surface area contributed by atoms with E-state index in [1.165, 1.54) is 19.2 Å². The second kappa shape index (κ2) is 5.09.